The van der Waals surface area contributed by atoms with Crippen LogP contribution < -0.4 is 9.64 Å². The molecule has 4 rings (SSSR count). The Kier molecular flexibility index (Phi) is 5.51. The summed E-state index contributed by atoms with van der Waals surface area (Å²) in [5.41, 5.74) is -0.969. The van der Waals surface area contributed by atoms with Gasteiger partial charge in [-0.05, 0) is 41.2 Å². The molecule has 0 bridgehead atoms. The molecule has 2 aromatic rings. The zero-order chi connectivity index (χ0) is 22.4. The number of ether oxygens (including phenoxy) is 1. The van der Waals surface area contributed by atoms with Crippen molar-refractivity contribution in [3.05, 3.63) is 64.2 Å². The zero-order valence-electron chi connectivity index (χ0n) is 17.5. The number of hydrogen-bond donors (Lipinski definition) is 1. The van der Waals surface area contributed by atoms with Gasteiger partial charge < -0.3 is 14.7 Å². The maximum absolute atomic E-state index is 14.3. The third-order valence-electron chi connectivity index (χ3n) is 6.09. The highest BCUT2D eigenvalue weighted by molar-refractivity contribution is 6.30. The first-order valence-electron chi connectivity index (χ1n) is 10.3. The van der Waals surface area contributed by atoms with Crippen molar-refractivity contribution in [2.24, 2.45) is 0 Å². The van der Waals surface area contributed by atoms with E-state index in [-0.39, 0.29) is 0 Å². The standard InChI is InChI=1S/C24H25ClF3NO2/c1-22(2,19-13-18(25)12-17-9-11-31-21(17)19)14-23(30,24(26,27)28)15-29-10-5-7-16-6-3-4-8-20(16)29/h3-8,12-13,30H,9-11,14-15H2,1-2H3. The van der Waals surface area contributed by atoms with E-state index in [0.717, 1.165) is 11.1 Å². The van der Waals surface area contributed by atoms with Crippen molar-refractivity contribution >= 4 is 23.4 Å². The Hall–Kier alpha value is -2.18. The van der Waals surface area contributed by atoms with Crippen LogP contribution in [0.2, 0.25) is 5.02 Å². The smallest absolute Gasteiger partial charge is 0.418 e. The largest absolute Gasteiger partial charge is 0.493 e. The number of hydrogen-bond acceptors (Lipinski definition) is 3. The molecule has 3 nitrogen and oxygen atoms in total. The average Bonchev–Trinajstić information content (AvgIpc) is 3.14. The predicted octanol–water partition coefficient (Wildman–Crippen LogP) is 5.77. The fraction of sp³-hybridized carbons (Fsp3) is 0.417. The second kappa shape index (κ2) is 7.75. The third kappa shape index (κ3) is 4.15. The summed E-state index contributed by atoms with van der Waals surface area (Å²) in [6, 6.07) is 10.7. The Bertz CT molecular complexity index is 1020. The van der Waals surface area contributed by atoms with Crippen LogP contribution in [0.3, 0.4) is 0 Å². The summed E-state index contributed by atoms with van der Waals surface area (Å²) in [4.78, 5) is 1.58. The molecule has 0 radical (unpaired) electrons. The minimum atomic E-state index is -4.82. The van der Waals surface area contributed by atoms with Gasteiger partial charge in [0.25, 0.3) is 0 Å². The van der Waals surface area contributed by atoms with Gasteiger partial charge in [0.1, 0.15) is 5.75 Å². The fourth-order valence-corrected chi connectivity index (χ4v) is 4.87. The molecule has 1 N–H and O–H groups in total. The highest BCUT2D eigenvalue weighted by Crippen LogP contribution is 2.47. The van der Waals surface area contributed by atoms with Gasteiger partial charge in [0.05, 0.1) is 13.2 Å². The predicted molar refractivity (Wildman–Crippen MR) is 117 cm³/mol. The van der Waals surface area contributed by atoms with Crippen LogP contribution in [0.4, 0.5) is 18.9 Å². The summed E-state index contributed by atoms with van der Waals surface area (Å²) in [5, 5.41) is 11.5. The van der Waals surface area contributed by atoms with E-state index in [1.165, 1.54) is 0 Å². The van der Waals surface area contributed by atoms with Crippen molar-refractivity contribution in [1.82, 2.24) is 0 Å². The molecule has 1 atom stereocenters. The van der Waals surface area contributed by atoms with Gasteiger partial charge >= 0.3 is 6.18 Å². The molecule has 2 aromatic carbocycles. The van der Waals surface area contributed by atoms with E-state index in [2.05, 4.69) is 0 Å². The second-order valence-electron chi connectivity index (χ2n) is 8.97. The van der Waals surface area contributed by atoms with Gasteiger partial charge in [-0.25, -0.2) is 0 Å². The number of anilines is 1. The van der Waals surface area contributed by atoms with E-state index < -0.39 is 30.2 Å². The molecule has 0 fully saturated rings. The van der Waals surface area contributed by atoms with Crippen LogP contribution in [-0.2, 0) is 11.8 Å². The van der Waals surface area contributed by atoms with E-state index in [1.54, 1.807) is 43.0 Å². The van der Waals surface area contributed by atoms with Gasteiger partial charge in [-0.2, -0.15) is 13.2 Å². The summed E-state index contributed by atoms with van der Waals surface area (Å²) in [7, 11) is 0. The van der Waals surface area contributed by atoms with Gasteiger partial charge in [-0.3, -0.25) is 0 Å². The summed E-state index contributed by atoms with van der Waals surface area (Å²) in [6.45, 7) is 3.60. The molecular formula is C24H25ClF3NO2. The zero-order valence-corrected chi connectivity index (χ0v) is 18.2. The van der Waals surface area contributed by atoms with E-state index in [0.29, 0.717) is 41.6 Å². The van der Waals surface area contributed by atoms with Crippen molar-refractivity contribution in [2.75, 3.05) is 24.6 Å². The van der Waals surface area contributed by atoms with Gasteiger partial charge in [0.15, 0.2) is 5.60 Å². The first kappa shape index (κ1) is 22.0. The van der Waals surface area contributed by atoms with Crippen molar-refractivity contribution in [1.29, 1.82) is 0 Å². The van der Waals surface area contributed by atoms with E-state index in [1.807, 2.05) is 24.3 Å². The van der Waals surface area contributed by atoms with Crippen LogP contribution in [0, 0.1) is 0 Å². The fourth-order valence-electron chi connectivity index (χ4n) is 4.63. The van der Waals surface area contributed by atoms with Gasteiger partial charge in [-0.15, -0.1) is 0 Å². The average molecular weight is 452 g/mol. The van der Waals surface area contributed by atoms with Crippen LogP contribution in [0.25, 0.3) is 6.08 Å². The lowest BCUT2D eigenvalue weighted by molar-refractivity contribution is -0.262. The molecule has 0 saturated heterocycles. The van der Waals surface area contributed by atoms with Crippen LogP contribution in [-0.4, -0.2) is 36.6 Å². The Balaban J connectivity index is 1.69. The topological polar surface area (TPSA) is 32.7 Å². The maximum Gasteiger partial charge on any atom is 0.418 e. The monoisotopic (exact) mass is 451 g/mol. The van der Waals surface area contributed by atoms with E-state index in [9.17, 15) is 18.3 Å². The Labute approximate surface area is 185 Å². The molecule has 0 saturated carbocycles. The number of fused-ring (bicyclic) bond motifs is 2. The number of halogens is 4. The van der Waals surface area contributed by atoms with Crippen LogP contribution >= 0.6 is 11.6 Å². The lowest BCUT2D eigenvalue weighted by Crippen LogP contribution is -2.56. The summed E-state index contributed by atoms with van der Waals surface area (Å²) < 4.78 is 48.6. The van der Waals surface area contributed by atoms with E-state index >= 15 is 0 Å². The summed E-state index contributed by atoms with van der Waals surface area (Å²) >= 11 is 6.25. The number of para-hydroxylation sites is 1. The molecule has 0 amide bonds. The SMILES string of the molecule is CC(C)(CC(O)(CN1CC=Cc2ccccc21)C(F)(F)F)c1cc(Cl)cc2c1OCC2. The highest BCUT2D eigenvalue weighted by Gasteiger charge is 2.57. The molecule has 166 valence electrons. The van der Waals surface area contributed by atoms with Crippen LogP contribution in [0.1, 0.15) is 37.0 Å². The van der Waals surface area contributed by atoms with Gasteiger partial charge in [0.2, 0.25) is 0 Å². The van der Waals surface area contributed by atoms with E-state index in [4.69, 9.17) is 16.3 Å². The minimum absolute atomic E-state index is 0.297. The molecule has 2 aliphatic heterocycles. The third-order valence-corrected chi connectivity index (χ3v) is 6.31. The van der Waals surface area contributed by atoms with Crippen molar-refractivity contribution in [3.8, 4) is 5.75 Å². The molecule has 2 aliphatic rings. The lowest BCUT2D eigenvalue weighted by Gasteiger charge is -2.42. The number of alkyl halides is 3. The maximum atomic E-state index is 14.3. The quantitative estimate of drug-likeness (QED) is 0.626. The Morgan fingerprint density at radius 3 is 2.65 bits per heavy atom. The molecule has 1 unspecified atom stereocenters. The van der Waals surface area contributed by atoms with Crippen LogP contribution in [0.5, 0.6) is 5.75 Å². The summed E-state index contributed by atoms with van der Waals surface area (Å²) in [5.74, 6) is 0.588. The molecule has 31 heavy (non-hydrogen) atoms. The molecular weight excluding hydrogens is 427 g/mol. The van der Waals surface area contributed by atoms with Gasteiger partial charge in [0, 0.05) is 29.2 Å². The Morgan fingerprint density at radius 2 is 1.90 bits per heavy atom. The van der Waals surface area contributed by atoms with Crippen molar-refractivity contribution in [2.45, 2.75) is 43.9 Å². The minimum Gasteiger partial charge on any atom is -0.493 e. The van der Waals surface area contributed by atoms with Crippen molar-refractivity contribution in [3.63, 3.8) is 0 Å². The number of rotatable bonds is 5. The molecule has 7 heteroatoms. The summed E-state index contributed by atoms with van der Waals surface area (Å²) in [6.07, 6.45) is -0.985. The molecule has 2 heterocycles. The first-order chi connectivity index (χ1) is 14.5. The normalized spacial score (nSPS) is 17.7. The van der Waals surface area contributed by atoms with Crippen LogP contribution in [0.15, 0.2) is 42.5 Å². The molecule has 0 spiro atoms. The van der Waals surface area contributed by atoms with Gasteiger partial charge in [-0.1, -0.05) is 55.8 Å². The number of β-amino-alcohol motifs (C(OH)–C–C–N with tert-alkyl or cyclic N) is 1. The molecule has 0 aliphatic carbocycles. The number of nitrogens with zero attached hydrogens (tertiary/aromatic N) is 1. The Morgan fingerprint density at radius 1 is 1.16 bits per heavy atom. The number of benzene rings is 2. The second-order valence-corrected chi connectivity index (χ2v) is 9.41. The lowest BCUT2D eigenvalue weighted by atomic mass is 9.73. The molecule has 0 aromatic heterocycles. The highest BCUT2D eigenvalue weighted by atomic mass is 35.5. The number of aliphatic hydroxyl groups is 1. The first-order valence-corrected chi connectivity index (χ1v) is 10.6. The van der Waals surface area contributed by atoms with Crippen molar-refractivity contribution < 1.29 is 23.0 Å².